The SMILES string of the molecule is Cc1cc(Nc2nc(C(C)(O)c3ccc(F)cc3)nn3cccc23)n[nH]1. The van der Waals surface area contributed by atoms with Gasteiger partial charge in [0, 0.05) is 18.0 Å². The maximum absolute atomic E-state index is 13.2. The summed E-state index contributed by atoms with van der Waals surface area (Å²) in [6.07, 6.45) is 1.77. The van der Waals surface area contributed by atoms with Crippen molar-refractivity contribution in [2.75, 3.05) is 5.32 Å². The van der Waals surface area contributed by atoms with E-state index in [1.807, 2.05) is 25.1 Å². The normalized spacial score (nSPS) is 13.7. The minimum absolute atomic E-state index is 0.183. The molecule has 3 aromatic heterocycles. The van der Waals surface area contributed by atoms with Crippen molar-refractivity contribution in [3.05, 3.63) is 71.6 Å². The molecule has 4 aromatic rings. The van der Waals surface area contributed by atoms with Crippen LogP contribution in [-0.4, -0.2) is 29.9 Å². The molecule has 0 aliphatic rings. The third-order valence-corrected chi connectivity index (χ3v) is 4.19. The Morgan fingerprint density at radius 2 is 2.00 bits per heavy atom. The Labute approximate surface area is 148 Å². The van der Waals surface area contributed by atoms with Crippen molar-refractivity contribution in [2.24, 2.45) is 0 Å². The molecule has 4 rings (SSSR count). The largest absolute Gasteiger partial charge is 0.377 e. The fourth-order valence-electron chi connectivity index (χ4n) is 2.74. The van der Waals surface area contributed by atoms with Crippen LogP contribution in [0.15, 0.2) is 48.7 Å². The summed E-state index contributed by atoms with van der Waals surface area (Å²) in [6, 6.07) is 11.2. The third-order valence-electron chi connectivity index (χ3n) is 4.19. The van der Waals surface area contributed by atoms with Gasteiger partial charge in [0.1, 0.15) is 16.9 Å². The van der Waals surface area contributed by atoms with Gasteiger partial charge in [0.2, 0.25) is 0 Å². The van der Waals surface area contributed by atoms with Gasteiger partial charge in [-0.25, -0.2) is 13.9 Å². The maximum Gasteiger partial charge on any atom is 0.187 e. The Kier molecular flexibility index (Phi) is 3.69. The smallest absolute Gasteiger partial charge is 0.187 e. The van der Waals surface area contributed by atoms with Crippen molar-refractivity contribution in [1.82, 2.24) is 24.8 Å². The van der Waals surface area contributed by atoms with Crippen molar-refractivity contribution in [1.29, 1.82) is 0 Å². The highest BCUT2D eigenvalue weighted by atomic mass is 19.1. The molecule has 26 heavy (non-hydrogen) atoms. The van der Waals surface area contributed by atoms with Crippen molar-refractivity contribution in [3.63, 3.8) is 0 Å². The Hall–Kier alpha value is -3.26. The van der Waals surface area contributed by atoms with Gasteiger partial charge >= 0.3 is 0 Å². The topological polar surface area (TPSA) is 91.1 Å². The summed E-state index contributed by atoms with van der Waals surface area (Å²) in [5.41, 5.74) is 0.646. The maximum atomic E-state index is 13.2. The number of H-pyrrole nitrogens is 1. The summed E-state index contributed by atoms with van der Waals surface area (Å²) >= 11 is 0. The number of aromatic amines is 1. The molecule has 3 N–H and O–H groups in total. The predicted molar refractivity (Wildman–Crippen MR) is 94.7 cm³/mol. The second kappa shape index (κ2) is 5.92. The molecule has 0 radical (unpaired) electrons. The molecule has 0 aliphatic carbocycles. The van der Waals surface area contributed by atoms with E-state index < -0.39 is 5.60 Å². The van der Waals surface area contributed by atoms with E-state index in [0.29, 0.717) is 17.2 Å². The van der Waals surface area contributed by atoms with Gasteiger partial charge in [0.05, 0.1) is 0 Å². The molecule has 0 fully saturated rings. The summed E-state index contributed by atoms with van der Waals surface area (Å²) in [4.78, 5) is 4.51. The first-order chi connectivity index (χ1) is 12.4. The summed E-state index contributed by atoms with van der Waals surface area (Å²) in [5, 5.41) is 25.6. The minimum atomic E-state index is -1.50. The van der Waals surface area contributed by atoms with E-state index in [4.69, 9.17) is 0 Å². The molecule has 0 saturated carbocycles. The zero-order chi connectivity index (χ0) is 18.3. The van der Waals surface area contributed by atoms with Crippen molar-refractivity contribution in [2.45, 2.75) is 19.4 Å². The number of aryl methyl sites for hydroxylation is 1. The van der Waals surface area contributed by atoms with Gasteiger partial charge in [0.15, 0.2) is 17.5 Å². The lowest BCUT2D eigenvalue weighted by Crippen LogP contribution is -2.27. The Morgan fingerprint density at radius 3 is 2.69 bits per heavy atom. The number of hydrogen-bond acceptors (Lipinski definition) is 5. The number of aromatic nitrogens is 5. The van der Waals surface area contributed by atoms with Crippen LogP contribution in [0.2, 0.25) is 0 Å². The van der Waals surface area contributed by atoms with Gasteiger partial charge in [-0.2, -0.15) is 5.10 Å². The molecule has 8 heteroatoms. The molecule has 1 atom stereocenters. The van der Waals surface area contributed by atoms with E-state index >= 15 is 0 Å². The van der Waals surface area contributed by atoms with Crippen LogP contribution in [0.3, 0.4) is 0 Å². The van der Waals surface area contributed by atoms with Crippen molar-refractivity contribution >= 4 is 17.2 Å². The molecule has 0 saturated heterocycles. The summed E-state index contributed by atoms with van der Waals surface area (Å²) in [7, 11) is 0. The lowest BCUT2D eigenvalue weighted by Gasteiger charge is -2.23. The number of nitrogens with one attached hydrogen (secondary N) is 2. The molecule has 1 unspecified atom stereocenters. The molecular weight excluding hydrogens is 335 g/mol. The first-order valence-corrected chi connectivity index (χ1v) is 8.07. The Morgan fingerprint density at radius 1 is 1.23 bits per heavy atom. The number of rotatable bonds is 4. The average Bonchev–Trinajstić information content (AvgIpc) is 3.24. The van der Waals surface area contributed by atoms with Crippen LogP contribution < -0.4 is 5.32 Å². The minimum Gasteiger partial charge on any atom is -0.377 e. The summed E-state index contributed by atoms with van der Waals surface area (Å²) in [5.74, 6) is 0.927. The number of anilines is 2. The Bertz CT molecular complexity index is 1070. The average molecular weight is 352 g/mol. The number of nitrogens with zero attached hydrogens (tertiary/aromatic N) is 4. The zero-order valence-corrected chi connectivity index (χ0v) is 14.2. The van der Waals surface area contributed by atoms with Gasteiger partial charge < -0.3 is 10.4 Å². The molecule has 1 aromatic carbocycles. The number of hydrogen-bond donors (Lipinski definition) is 3. The quantitative estimate of drug-likeness (QED) is 0.525. The van der Waals surface area contributed by atoms with Crippen LogP contribution in [0.1, 0.15) is 24.0 Å². The molecule has 0 bridgehead atoms. The van der Waals surface area contributed by atoms with E-state index in [1.54, 1.807) is 17.6 Å². The van der Waals surface area contributed by atoms with Crippen molar-refractivity contribution < 1.29 is 9.50 Å². The predicted octanol–water partition coefficient (Wildman–Crippen LogP) is 2.90. The number of aliphatic hydroxyl groups is 1. The molecule has 0 aliphatic heterocycles. The number of benzene rings is 1. The lowest BCUT2D eigenvalue weighted by atomic mass is 9.95. The first-order valence-electron chi connectivity index (χ1n) is 8.07. The van der Waals surface area contributed by atoms with Crippen LogP contribution >= 0.6 is 0 Å². The zero-order valence-electron chi connectivity index (χ0n) is 14.2. The standard InChI is InChI=1S/C18H17FN6O/c1-11-10-15(23-22-11)20-16-14-4-3-9-25(14)24-17(21-16)18(2,26)12-5-7-13(19)8-6-12/h3-10,26H,1-2H3,(H2,20,21,22,23,24). The highest BCUT2D eigenvalue weighted by molar-refractivity contribution is 5.72. The van der Waals surface area contributed by atoms with Crippen LogP contribution in [0, 0.1) is 12.7 Å². The second-order valence-corrected chi connectivity index (χ2v) is 6.26. The van der Waals surface area contributed by atoms with Crippen LogP contribution in [-0.2, 0) is 5.60 Å². The summed E-state index contributed by atoms with van der Waals surface area (Å²) in [6.45, 7) is 3.48. The van der Waals surface area contributed by atoms with Crippen molar-refractivity contribution in [3.8, 4) is 0 Å². The lowest BCUT2D eigenvalue weighted by molar-refractivity contribution is 0.0907. The van der Waals surface area contributed by atoms with Gasteiger partial charge in [0.25, 0.3) is 0 Å². The number of halogens is 1. The molecular formula is C18H17FN6O. The molecule has 132 valence electrons. The molecule has 0 spiro atoms. The molecule has 7 nitrogen and oxygen atoms in total. The second-order valence-electron chi connectivity index (χ2n) is 6.26. The molecule has 3 heterocycles. The Balaban J connectivity index is 1.81. The third kappa shape index (κ3) is 2.80. The van der Waals surface area contributed by atoms with E-state index in [1.165, 1.54) is 24.3 Å². The van der Waals surface area contributed by atoms with Gasteiger partial charge in [-0.1, -0.05) is 12.1 Å². The fraction of sp³-hybridized carbons (Fsp3) is 0.167. The van der Waals surface area contributed by atoms with E-state index in [2.05, 4.69) is 25.6 Å². The fourth-order valence-corrected chi connectivity index (χ4v) is 2.74. The van der Waals surface area contributed by atoms with Crippen LogP contribution in [0.4, 0.5) is 16.0 Å². The van der Waals surface area contributed by atoms with E-state index in [-0.39, 0.29) is 11.6 Å². The van der Waals surface area contributed by atoms with E-state index in [0.717, 1.165) is 11.2 Å². The van der Waals surface area contributed by atoms with Crippen LogP contribution in [0.25, 0.3) is 5.52 Å². The number of fused-ring (bicyclic) bond motifs is 1. The highest BCUT2D eigenvalue weighted by Gasteiger charge is 2.30. The van der Waals surface area contributed by atoms with E-state index in [9.17, 15) is 9.50 Å². The monoisotopic (exact) mass is 352 g/mol. The van der Waals surface area contributed by atoms with Gasteiger partial charge in [-0.15, -0.1) is 5.10 Å². The summed E-state index contributed by atoms with van der Waals surface area (Å²) < 4.78 is 14.8. The van der Waals surface area contributed by atoms with Gasteiger partial charge in [-0.3, -0.25) is 5.10 Å². The first kappa shape index (κ1) is 16.2. The molecule has 0 amide bonds. The van der Waals surface area contributed by atoms with Crippen LogP contribution in [0.5, 0.6) is 0 Å². The highest BCUT2D eigenvalue weighted by Crippen LogP contribution is 2.29. The van der Waals surface area contributed by atoms with Gasteiger partial charge in [-0.05, 0) is 43.7 Å².